The second kappa shape index (κ2) is 5.75. The number of pyridine rings is 1. The van der Waals surface area contributed by atoms with Gasteiger partial charge in [0.25, 0.3) is 0 Å². The van der Waals surface area contributed by atoms with Crippen LogP contribution in [0.1, 0.15) is 30.0 Å². The predicted octanol–water partition coefficient (Wildman–Crippen LogP) is 4.13. The molecular weight excluding hydrogens is 397 g/mol. The van der Waals surface area contributed by atoms with Crippen molar-refractivity contribution in [2.45, 2.75) is 13.0 Å². The van der Waals surface area contributed by atoms with E-state index in [-0.39, 0.29) is 11.7 Å². The second-order valence-electron chi connectivity index (χ2n) is 5.30. The first-order valence-corrected chi connectivity index (χ1v) is 8.32. The van der Waals surface area contributed by atoms with Gasteiger partial charge in [0.2, 0.25) is 0 Å². The van der Waals surface area contributed by atoms with Crippen molar-refractivity contribution in [3.05, 3.63) is 69.2 Å². The highest BCUT2D eigenvalue weighted by Gasteiger charge is 2.28. The number of hydrogen-bond donors (Lipinski definition) is 0. The molecule has 3 aromatic rings. The molecule has 0 spiro atoms. The molecule has 0 saturated heterocycles. The Bertz CT molecular complexity index is 984. The monoisotopic (exact) mass is 405 g/mol. The molecule has 24 heavy (non-hydrogen) atoms. The smallest absolute Gasteiger partial charge is 0.162 e. The molecule has 0 aliphatic carbocycles. The average Bonchev–Trinajstić information content (AvgIpc) is 3.02. The van der Waals surface area contributed by atoms with Crippen LogP contribution >= 0.6 is 27.5 Å². The summed E-state index contributed by atoms with van der Waals surface area (Å²) in [5, 5.41) is 8.53. The van der Waals surface area contributed by atoms with Gasteiger partial charge in [0.15, 0.2) is 11.6 Å². The summed E-state index contributed by atoms with van der Waals surface area (Å²) in [5.41, 5.74) is 1.88. The lowest BCUT2D eigenvalue weighted by Crippen LogP contribution is -2.12. The van der Waals surface area contributed by atoms with E-state index in [4.69, 9.17) is 11.6 Å². The van der Waals surface area contributed by atoms with Gasteiger partial charge in [-0.1, -0.05) is 11.6 Å². The summed E-state index contributed by atoms with van der Waals surface area (Å²) in [5.74, 6) is 0.198. The minimum atomic E-state index is -0.455. The third-order valence-corrected chi connectivity index (χ3v) is 5.10. The van der Waals surface area contributed by atoms with Gasteiger partial charge in [0.1, 0.15) is 18.1 Å². The van der Waals surface area contributed by atoms with Gasteiger partial charge in [-0.2, -0.15) is 0 Å². The summed E-state index contributed by atoms with van der Waals surface area (Å²) in [7, 11) is 0. The minimum absolute atomic E-state index is 0.157. The van der Waals surface area contributed by atoms with Gasteiger partial charge < -0.3 is 0 Å². The van der Waals surface area contributed by atoms with Crippen LogP contribution in [0.3, 0.4) is 0 Å². The molecule has 0 saturated carbocycles. The molecule has 1 aromatic carbocycles. The lowest BCUT2D eigenvalue weighted by atomic mass is 10.0. The fraction of sp³-hybridized carbons (Fsp3) is 0.125. The predicted molar refractivity (Wildman–Crippen MR) is 92.3 cm³/mol. The Kier molecular flexibility index (Phi) is 3.69. The topological polar surface area (TPSA) is 56.0 Å². The fourth-order valence-electron chi connectivity index (χ4n) is 2.74. The summed E-state index contributed by atoms with van der Waals surface area (Å²) in [6.07, 6.45) is 3.13. The largest absolute Gasteiger partial charge is 0.283 e. The molecular formula is C16H10BrClFN5. The molecule has 0 fully saturated rings. The maximum absolute atomic E-state index is 14.4. The minimum Gasteiger partial charge on any atom is -0.283 e. The van der Waals surface area contributed by atoms with E-state index < -0.39 is 5.82 Å². The van der Waals surface area contributed by atoms with Crippen molar-refractivity contribution >= 4 is 33.2 Å². The highest BCUT2D eigenvalue weighted by atomic mass is 79.9. The molecule has 1 aliphatic rings. The SMILES string of the molecule is C[C@@H]1N=C(c2ncccc2F)c2c(ccc(Br)c2Cl)-n2cnnc21. The fourth-order valence-corrected chi connectivity index (χ4v) is 3.32. The standard InChI is InChI=1S/C16H10BrClFN5/c1-8-16-23-21-7-24(16)11-5-4-9(17)13(18)12(11)15(22-8)14-10(19)3-2-6-20-14/h2-8H,1H3/t8-/m0/s1. The van der Waals surface area contributed by atoms with Gasteiger partial charge in [-0.25, -0.2) is 4.39 Å². The second-order valence-corrected chi connectivity index (χ2v) is 6.53. The van der Waals surface area contributed by atoms with E-state index in [9.17, 15) is 4.39 Å². The van der Waals surface area contributed by atoms with Gasteiger partial charge in [-0.15, -0.1) is 10.2 Å². The van der Waals surface area contributed by atoms with Crippen LogP contribution in [-0.4, -0.2) is 25.5 Å². The van der Waals surface area contributed by atoms with Crippen molar-refractivity contribution in [2.24, 2.45) is 4.99 Å². The maximum Gasteiger partial charge on any atom is 0.162 e. The third kappa shape index (κ3) is 2.27. The number of nitrogens with zero attached hydrogens (tertiary/aromatic N) is 5. The van der Waals surface area contributed by atoms with Crippen molar-refractivity contribution in [3.63, 3.8) is 0 Å². The average molecular weight is 407 g/mol. The van der Waals surface area contributed by atoms with E-state index in [1.807, 2.05) is 23.6 Å². The number of fused-ring (bicyclic) bond motifs is 3. The van der Waals surface area contributed by atoms with Crippen LogP contribution in [0.15, 0.2) is 46.3 Å². The first-order chi connectivity index (χ1) is 11.6. The Morgan fingerprint density at radius 2 is 2.12 bits per heavy atom. The molecule has 8 heteroatoms. The van der Waals surface area contributed by atoms with Crippen LogP contribution in [0.2, 0.25) is 5.02 Å². The van der Waals surface area contributed by atoms with Gasteiger partial charge in [0.05, 0.1) is 16.4 Å². The highest BCUT2D eigenvalue weighted by molar-refractivity contribution is 9.10. The highest BCUT2D eigenvalue weighted by Crippen LogP contribution is 2.37. The van der Waals surface area contributed by atoms with E-state index in [0.717, 1.165) is 5.69 Å². The lowest BCUT2D eigenvalue weighted by Gasteiger charge is -2.14. The van der Waals surface area contributed by atoms with Crippen LogP contribution in [0.4, 0.5) is 4.39 Å². The molecule has 4 rings (SSSR count). The molecule has 0 bridgehead atoms. The number of benzene rings is 1. The summed E-state index contributed by atoms with van der Waals surface area (Å²) in [6, 6.07) is 6.26. The van der Waals surface area contributed by atoms with E-state index in [2.05, 4.69) is 36.1 Å². The summed E-state index contributed by atoms with van der Waals surface area (Å²) >= 11 is 9.95. The van der Waals surface area contributed by atoms with Gasteiger partial charge in [-0.05, 0) is 47.1 Å². The Hall–Kier alpha value is -2.12. The van der Waals surface area contributed by atoms with Crippen LogP contribution in [0.5, 0.6) is 0 Å². The van der Waals surface area contributed by atoms with Gasteiger partial charge >= 0.3 is 0 Å². The van der Waals surface area contributed by atoms with Crippen LogP contribution in [0, 0.1) is 5.82 Å². The molecule has 2 aromatic heterocycles. The van der Waals surface area contributed by atoms with Crippen molar-refractivity contribution in [1.82, 2.24) is 19.7 Å². The maximum atomic E-state index is 14.4. The van der Waals surface area contributed by atoms with E-state index >= 15 is 0 Å². The number of aliphatic imine (C=N–C) groups is 1. The van der Waals surface area contributed by atoms with Crippen molar-refractivity contribution < 1.29 is 4.39 Å². The Labute approximate surface area is 150 Å². The van der Waals surface area contributed by atoms with E-state index in [0.29, 0.717) is 26.6 Å². The van der Waals surface area contributed by atoms with Crippen molar-refractivity contribution in [1.29, 1.82) is 0 Å². The Balaban J connectivity index is 2.10. The van der Waals surface area contributed by atoms with Crippen LogP contribution in [0.25, 0.3) is 5.69 Å². The number of hydrogen-bond acceptors (Lipinski definition) is 4. The zero-order valence-electron chi connectivity index (χ0n) is 12.4. The molecule has 0 amide bonds. The molecule has 3 heterocycles. The van der Waals surface area contributed by atoms with Crippen molar-refractivity contribution in [2.75, 3.05) is 0 Å². The normalized spacial score (nSPS) is 16.2. The molecule has 1 atom stereocenters. The number of rotatable bonds is 1. The van der Waals surface area contributed by atoms with Gasteiger partial charge in [-0.3, -0.25) is 14.5 Å². The first-order valence-electron chi connectivity index (χ1n) is 7.15. The zero-order valence-corrected chi connectivity index (χ0v) is 14.8. The van der Waals surface area contributed by atoms with E-state index in [1.165, 1.54) is 18.3 Å². The quantitative estimate of drug-likeness (QED) is 0.610. The number of aromatic nitrogens is 4. The summed E-state index contributed by atoms with van der Waals surface area (Å²) in [4.78, 5) is 8.82. The molecule has 1 aliphatic heterocycles. The summed E-state index contributed by atoms with van der Waals surface area (Å²) < 4.78 is 16.9. The first kappa shape index (κ1) is 15.4. The Morgan fingerprint density at radius 1 is 1.29 bits per heavy atom. The van der Waals surface area contributed by atoms with E-state index in [1.54, 1.807) is 6.33 Å². The summed E-state index contributed by atoms with van der Waals surface area (Å²) in [6.45, 7) is 1.87. The molecule has 0 radical (unpaired) electrons. The molecule has 120 valence electrons. The van der Waals surface area contributed by atoms with Crippen LogP contribution < -0.4 is 0 Å². The molecule has 0 unspecified atom stereocenters. The van der Waals surface area contributed by atoms with Gasteiger partial charge in [0, 0.05) is 16.2 Å². The molecule has 5 nitrogen and oxygen atoms in total. The molecule has 0 N–H and O–H groups in total. The lowest BCUT2D eigenvalue weighted by molar-refractivity contribution is 0.617. The van der Waals surface area contributed by atoms with Crippen molar-refractivity contribution in [3.8, 4) is 5.69 Å². The number of halogens is 3. The zero-order chi connectivity index (χ0) is 16.8. The third-order valence-electron chi connectivity index (χ3n) is 3.82. The Morgan fingerprint density at radius 3 is 2.92 bits per heavy atom. The van der Waals surface area contributed by atoms with Crippen LogP contribution in [-0.2, 0) is 0 Å².